The summed E-state index contributed by atoms with van der Waals surface area (Å²) in [6.45, 7) is 6.47. The quantitative estimate of drug-likeness (QED) is 0.399. The van der Waals surface area contributed by atoms with Gasteiger partial charge in [0.1, 0.15) is 0 Å². The summed E-state index contributed by atoms with van der Waals surface area (Å²) in [4.78, 5) is 6.57. The van der Waals surface area contributed by atoms with Gasteiger partial charge in [0.2, 0.25) is 0 Å². The molecule has 1 fully saturated rings. The first-order valence-electron chi connectivity index (χ1n) is 8.09. The summed E-state index contributed by atoms with van der Waals surface area (Å²) in [6, 6.07) is 0. The van der Waals surface area contributed by atoms with Crippen LogP contribution in [0, 0.1) is 0 Å². The van der Waals surface area contributed by atoms with Crippen LogP contribution in [0.2, 0.25) is 0 Å². The van der Waals surface area contributed by atoms with Gasteiger partial charge < -0.3 is 10.2 Å². The number of aryl methyl sites for hydroxylation is 1. The van der Waals surface area contributed by atoms with E-state index in [0.29, 0.717) is 17.8 Å². The molecule has 0 aliphatic carbocycles. The molecule has 1 aliphatic rings. The maximum Gasteiger partial charge on any atom is 0.435 e. The van der Waals surface area contributed by atoms with Crippen LogP contribution in [0.4, 0.5) is 13.2 Å². The molecule has 0 bridgehead atoms. The molecule has 0 radical (unpaired) electrons. The first kappa shape index (κ1) is 22.4. The molecule has 1 unspecified atom stereocenters. The standard InChI is InChI=1S/C15H24F3N5S.HI/c1-4-12-10-23(6-7-24-12)14(19-5-2)20-8-11-9-22(3)21-13(11)15(16,17)18;/h9,12H,4-8,10H2,1-3H3,(H,19,20);1H. The third kappa shape index (κ3) is 6.22. The number of thioether (sulfide) groups is 1. The lowest BCUT2D eigenvalue weighted by Gasteiger charge is -2.34. The van der Waals surface area contributed by atoms with Crippen molar-refractivity contribution in [2.75, 3.05) is 25.4 Å². The monoisotopic (exact) mass is 491 g/mol. The molecule has 0 spiro atoms. The van der Waals surface area contributed by atoms with Crippen LogP contribution >= 0.6 is 35.7 Å². The highest BCUT2D eigenvalue weighted by Crippen LogP contribution is 2.31. The van der Waals surface area contributed by atoms with Crippen LogP contribution in [0.15, 0.2) is 11.2 Å². The van der Waals surface area contributed by atoms with E-state index in [9.17, 15) is 13.2 Å². The van der Waals surface area contributed by atoms with E-state index >= 15 is 0 Å². The number of hydrogen-bond donors (Lipinski definition) is 1. The minimum absolute atomic E-state index is 0. The first-order chi connectivity index (χ1) is 11.3. The zero-order valence-electron chi connectivity index (χ0n) is 14.6. The van der Waals surface area contributed by atoms with Crippen molar-refractivity contribution >= 4 is 41.7 Å². The van der Waals surface area contributed by atoms with Crippen LogP contribution in [0.1, 0.15) is 31.5 Å². The molecule has 1 aliphatic heterocycles. The number of aromatic nitrogens is 2. The number of hydrogen-bond acceptors (Lipinski definition) is 3. The van der Waals surface area contributed by atoms with Gasteiger partial charge in [0, 0.05) is 49.4 Å². The van der Waals surface area contributed by atoms with Crippen molar-refractivity contribution in [3.63, 3.8) is 0 Å². The first-order valence-corrected chi connectivity index (χ1v) is 9.14. The van der Waals surface area contributed by atoms with E-state index in [1.807, 2.05) is 18.7 Å². The molecule has 5 nitrogen and oxygen atoms in total. The minimum Gasteiger partial charge on any atom is -0.357 e. The molecule has 1 saturated heterocycles. The van der Waals surface area contributed by atoms with Gasteiger partial charge in [-0.2, -0.15) is 30.0 Å². The van der Waals surface area contributed by atoms with Crippen LogP contribution in [-0.4, -0.2) is 51.3 Å². The van der Waals surface area contributed by atoms with E-state index in [0.717, 1.165) is 25.3 Å². The fraction of sp³-hybridized carbons (Fsp3) is 0.733. The van der Waals surface area contributed by atoms with Crippen LogP contribution < -0.4 is 5.32 Å². The maximum absolute atomic E-state index is 13.0. The van der Waals surface area contributed by atoms with Crippen molar-refractivity contribution in [3.05, 3.63) is 17.5 Å². The Morgan fingerprint density at radius 2 is 2.16 bits per heavy atom. The molecule has 1 N–H and O–H groups in total. The van der Waals surface area contributed by atoms with E-state index < -0.39 is 11.9 Å². The molecule has 144 valence electrons. The van der Waals surface area contributed by atoms with Gasteiger partial charge in [0.15, 0.2) is 11.7 Å². The van der Waals surface area contributed by atoms with Crippen LogP contribution in [0.25, 0.3) is 0 Å². The molecule has 2 heterocycles. The van der Waals surface area contributed by atoms with Crippen molar-refractivity contribution in [3.8, 4) is 0 Å². The van der Waals surface area contributed by atoms with Gasteiger partial charge in [0.05, 0.1) is 6.54 Å². The van der Waals surface area contributed by atoms with Gasteiger partial charge in [0.25, 0.3) is 0 Å². The Hall–Kier alpha value is -0.650. The lowest BCUT2D eigenvalue weighted by molar-refractivity contribution is -0.142. The summed E-state index contributed by atoms with van der Waals surface area (Å²) in [7, 11) is 1.49. The predicted molar refractivity (Wildman–Crippen MR) is 107 cm³/mol. The second-order valence-corrected chi connectivity index (χ2v) is 7.10. The third-order valence-corrected chi connectivity index (χ3v) is 5.17. The Morgan fingerprint density at radius 3 is 2.76 bits per heavy atom. The fourth-order valence-electron chi connectivity index (χ4n) is 2.64. The summed E-state index contributed by atoms with van der Waals surface area (Å²) in [5.41, 5.74) is -0.760. The highest BCUT2D eigenvalue weighted by atomic mass is 127. The molecule has 1 atom stereocenters. The summed E-state index contributed by atoms with van der Waals surface area (Å²) in [6.07, 6.45) is -2.00. The van der Waals surface area contributed by atoms with Crippen molar-refractivity contribution in [2.45, 2.75) is 38.2 Å². The second-order valence-electron chi connectivity index (χ2n) is 5.69. The van der Waals surface area contributed by atoms with Gasteiger partial charge in [-0.05, 0) is 13.3 Å². The molecular formula is C15H25F3IN5S. The van der Waals surface area contributed by atoms with E-state index in [-0.39, 0.29) is 36.1 Å². The Kier molecular flexibility index (Phi) is 8.85. The van der Waals surface area contributed by atoms with Gasteiger partial charge in [-0.15, -0.1) is 24.0 Å². The Labute approximate surface area is 167 Å². The third-order valence-electron chi connectivity index (χ3n) is 3.80. The van der Waals surface area contributed by atoms with Gasteiger partial charge in [-0.25, -0.2) is 4.99 Å². The lowest BCUT2D eigenvalue weighted by atomic mass is 10.2. The molecule has 2 rings (SSSR count). The molecule has 1 aromatic heterocycles. The zero-order valence-corrected chi connectivity index (χ0v) is 17.8. The molecule has 10 heteroatoms. The average molecular weight is 491 g/mol. The number of alkyl halides is 3. The second kappa shape index (κ2) is 9.89. The number of aliphatic imine (C=N–C) groups is 1. The average Bonchev–Trinajstić information content (AvgIpc) is 2.92. The van der Waals surface area contributed by atoms with E-state index in [1.54, 1.807) is 0 Å². The molecule has 1 aromatic rings. The number of halogens is 4. The van der Waals surface area contributed by atoms with Gasteiger partial charge >= 0.3 is 6.18 Å². The molecule has 0 saturated carbocycles. The minimum atomic E-state index is -4.46. The topological polar surface area (TPSA) is 45.5 Å². The smallest absolute Gasteiger partial charge is 0.357 e. The number of nitrogens with one attached hydrogen (secondary N) is 1. The van der Waals surface area contributed by atoms with E-state index in [4.69, 9.17) is 0 Å². The highest BCUT2D eigenvalue weighted by Gasteiger charge is 2.36. The SMILES string of the molecule is CCNC(=NCc1cn(C)nc1C(F)(F)F)N1CCSC(CC)C1.I. The molecule has 25 heavy (non-hydrogen) atoms. The maximum atomic E-state index is 13.0. The number of rotatable bonds is 4. The van der Waals surface area contributed by atoms with Crippen LogP contribution in [-0.2, 0) is 19.8 Å². The van der Waals surface area contributed by atoms with Crippen molar-refractivity contribution in [2.24, 2.45) is 12.0 Å². The Bertz CT molecular complexity index is 576. The largest absolute Gasteiger partial charge is 0.435 e. The lowest BCUT2D eigenvalue weighted by Crippen LogP contribution is -2.48. The van der Waals surface area contributed by atoms with Crippen molar-refractivity contribution < 1.29 is 13.2 Å². The summed E-state index contributed by atoms with van der Waals surface area (Å²) >= 11 is 1.94. The molecule has 0 aromatic carbocycles. The molecular weight excluding hydrogens is 466 g/mol. The van der Waals surface area contributed by atoms with Gasteiger partial charge in [-0.3, -0.25) is 4.68 Å². The number of nitrogens with zero attached hydrogens (tertiary/aromatic N) is 4. The molecule has 0 amide bonds. The van der Waals surface area contributed by atoms with Gasteiger partial charge in [-0.1, -0.05) is 6.92 Å². The zero-order chi connectivity index (χ0) is 17.7. The van der Waals surface area contributed by atoms with Crippen molar-refractivity contribution in [1.29, 1.82) is 0 Å². The van der Waals surface area contributed by atoms with E-state index in [1.165, 1.54) is 17.9 Å². The van der Waals surface area contributed by atoms with E-state index in [2.05, 4.69) is 27.2 Å². The van der Waals surface area contributed by atoms with Crippen LogP contribution in [0.5, 0.6) is 0 Å². The fourth-order valence-corrected chi connectivity index (χ4v) is 3.82. The summed E-state index contributed by atoms with van der Waals surface area (Å²) in [5, 5.41) is 7.25. The normalized spacial score (nSPS) is 18.9. The number of guanidine groups is 1. The van der Waals surface area contributed by atoms with Crippen molar-refractivity contribution in [1.82, 2.24) is 20.0 Å². The Morgan fingerprint density at radius 1 is 1.44 bits per heavy atom. The van der Waals surface area contributed by atoms with Crippen LogP contribution in [0.3, 0.4) is 0 Å². The predicted octanol–water partition coefficient (Wildman–Crippen LogP) is 3.35. The highest BCUT2D eigenvalue weighted by molar-refractivity contribution is 14.0. The summed E-state index contributed by atoms with van der Waals surface area (Å²) < 4.78 is 40.3. The summed E-state index contributed by atoms with van der Waals surface area (Å²) in [5.74, 6) is 1.68. The Balaban J connectivity index is 0.00000312.